The van der Waals surface area contributed by atoms with Gasteiger partial charge in [-0.2, -0.15) is 0 Å². The molecule has 1 amide bonds. The lowest BCUT2D eigenvalue weighted by molar-refractivity contribution is -0.130. The van der Waals surface area contributed by atoms with Crippen molar-refractivity contribution < 1.29 is 4.79 Å². The van der Waals surface area contributed by atoms with Gasteiger partial charge >= 0.3 is 0 Å². The highest BCUT2D eigenvalue weighted by atomic mass is 16.2. The highest BCUT2D eigenvalue weighted by molar-refractivity contribution is 5.73. The van der Waals surface area contributed by atoms with Crippen LogP contribution in [-0.2, 0) is 17.9 Å². The van der Waals surface area contributed by atoms with Crippen molar-refractivity contribution in [3.63, 3.8) is 0 Å². The normalized spacial score (nSPS) is 14.0. The van der Waals surface area contributed by atoms with Crippen LogP contribution in [0.4, 0.5) is 0 Å². The molecule has 4 heteroatoms. The van der Waals surface area contributed by atoms with Gasteiger partial charge in [0, 0.05) is 20.0 Å². The molecule has 1 aliphatic heterocycles. The molecule has 0 spiro atoms. The van der Waals surface area contributed by atoms with E-state index in [2.05, 4.69) is 9.55 Å². The largest absolute Gasteiger partial charge is 0.335 e. The minimum Gasteiger partial charge on any atom is -0.335 e. The molecule has 15 heavy (non-hydrogen) atoms. The topological polar surface area (TPSA) is 38.1 Å². The lowest BCUT2D eigenvalue weighted by atomic mass is 10.2. The van der Waals surface area contributed by atoms with E-state index in [0.717, 1.165) is 18.8 Å². The van der Waals surface area contributed by atoms with Crippen LogP contribution in [0.2, 0.25) is 0 Å². The zero-order valence-electron chi connectivity index (χ0n) is 9.95. The molecule has 1 aromatic rings. The maximum Gasteiger partial charge on any atom is 0.219 e. The second-order valence-corrected chi connectivity index (χ2v) is 3.41. The molecular formula is C11H19N3O. The molecule has 2 rings (SSSR count). The first-order valence-electron chi connectivity index (χ1n) is 5.44. The Bertz CT molecular complexity index is 344. The van der Waals surface area contributed by atoms with E-state index in [1.54, 1.807) is 6.92 Å². The van der Waals surface area contributed by atoms with Crippen molar-refractivity contribution in [3.05, 3.63) is 17.7 Å². The monoisotopic (exact) mass is 209 g/mol. The van der Waals surface area contributed by atoms with E-state index >= 15 is 0 Å². The van der Waals surface area contributed by atoms with Gasteiger partial charge in [0.15, 0.2) is 0 Å². The van der Waals surface area contributed by atoms with Crippen LogP contribution in [-0.4, -0.2) is 26.9 Å². The summed E-state index contributed by atoms with van der Waals surface area (Å²) in [4.78, 5) is 17.2. The van der Waals surface area contributed by atoms with Gasteiger partial charge in [-0.1, -0.05) is 13.8 Å². The third-order valence-corrected chi connectivity index (χ3v) is 2.55. The Morgan fingerprint density at radius 1 is 1.40 bits per heavy atom. The average molecular weight is 209 g/mol. The van der Waals surface area contributed by atoms with Gasteiger partial charge in [-0.25, -0.2) is 4.98 Å². The van der Waals surface area contributed by atoms with Crippen LogP contribution in [0.1, 0.15) is 32.2 Å². The summed E-state index contributed by atoms with van der Waals surface area (Å²) in [5.74, 6) is 0.145. The molecule has 0 saturated heterocycles. The minimum atomic E-state index is 0.145. The molecule has 1 aromatic heterocycles. The molecule has 0 bridgehead atoms. The van der Waals surface area contributed by atoms with Gasteiger partial charge in [0.05, 0.1) is 24.3 Å². The van der Waals surface area contributed by atoms with Crippen LogP contribution in [0.25, 0.3) is 0 Å². The summed E-state index contributed by atoms with van der Waals surface area (Å²) in [7, 11) is 0. The summed E-state index contributed by atoms with van der Waals surface area (Å²) < 4.78 is 2.12. The van der Waals surface area contributed by atoms with Gasteiger partial charge in [0.2, 0.25) is 5.91 Å². The molecule has 0 aliphatic carbocycles. The highest BCUT2D eigenvalue weighted by Crippen LogP contribution is 2.14. The van der Waals surface area contributed by atoms with E-state index in [1.807, 2.05) is 32.0 Å². The molecule has 84 valence electrons. The van der Waals surface area contributed by atoms with Crippen LogP contribution in [0.15, 0.2) is 6.33 Å². The SMILES string of the molecule is CC.CC(=O)N1CCn2cnc(C)c2C1. The Labute approximate surface area is 90.9 Å². The van der Waals surface area contributed by atoms with Crippen molar-refractivity contribution in [3.8, 4) is 0 Å². The van der Waals surface area contributed by atoms with Gasteiger partial charge in [0.1, 0.15) is 0 Å². The zero-order valence-corrected chi connectivity index (χ0v) is 9.95. The van der Waals surface area contributed by atoms with Crippen LogP contribution >= 0.6 is 0 Å². The molecule has 1 aliphatic rings. The molecule has 4 nitrogen and oxygen atoms in total. The first kappa shape index (κ1) is 11.8. The molecular weight excluding hydrogens is 190 g/mol. The van der Waals surface area contributed by atoms with Gasteiger partial charge in [-0.15, -0.1) is 0 Å². The third kappa shape index (κ3) is 2.37. The lowest BCUT2D eigenvalue weighted by Crippen LogP contribution is -2.36. The van der Waals surface area contributed by atoms with Crippen LogP contribution < -0.4 is 0 Å². The van der Waals surface area contributed by atoms with Crippen LogP contribution in [0.5, 0.6) is 0 Å². The van der Waals surface area contributed by atoms with E-state index in [0.29, 0.717) is 6.54 Å². The Hall–Kier alpha value is -1.32. The average Bonchev–Trinajstić information content (AvgIpc) is 2.63. The highest BCUT2D eigenvalue weighted by Gasteiger charge is 2.19. The quantitative estimate of drug-likeness (QED) is 0.650. The van der Waals surface area contributed by atoms with Crippen molar-refractivity contribution in [1.29, 1.82) is 0 Å². The maximum absolute atomic E-state index is 11.1. The first-order valence-corrected chi connectivity index (χ1v) is 5.44. The lowest BCUT2D eigenvalue weighted by Gasteiger charge is -2.27. The van der Waals surface area contributed by atoms with Gasteiger partial charge < -0.3 is 9.47 Å². The molecule has 0 fully saturated rings. The van der Waals surface area contributed by atoms with Gasteiger partial charge in [0.25, 0.3) is 0 Å². The Kier molecular flexibility index (Phi) is 3.88. The molecule has 0 radical (unpaired) electrons. The van der Waals surface area contributed by atoms with Crippen molar-refractivity contribution in [2.24, 2.45) is 0 Å². The van der Waals surface area contributed by atoms with Crippen molar-refractivity contribution >= 4 is 5.91 Å². The third-order valence-electron chi connectivity index (χ3n) is 2.55. The Balaban J connectivity index is 0.000000531. The number of aryl methyl sites for hydroxylation is 1. The summed E-state index contributed by atoms with van der Waals surface area (Å²) in [6.45, 7) is 9.98. The summed E-state index contributed by atoms with van der Waals surface area (Å²) in [5, 5.41) is 0. The zero-order chi connectivity index (χ0) is 11.4. The molecule has 0 unspecified atom stereocenters. The maximum atomic E-state index is 11.1. The van der Waals surface area contributed by atoms with Crippen molar-refractivity contribution in [2.75, 3.05) is 6.54 Å². The second-order valence-electron chi connectivity index (χ2n) is 3.41. The number of nitrogens with zero attached hydrogens (tertiary/aromatic N) is 3. The number of fused-ring (bicyclic) bond motifs is 1. The fourth-order valence-corrected chi connectivity index (χ4v) is 1.66. The number of hydrogen-bond acceptors (Lipinski definition) is 2. The number of amides is 1. The number of hydrogen-bond donors (Lipinski definition) is 0. The first-order chi connectivity index (χ1) is 7.18. The predicted octanol–water partition coefficient (Wildman–Crippen LogP) is 1.58. The Morgan fingerprint density at radius 2 is 2.07 bits per heavy atom. The number of carbonyl (C=O) groups is 1. The van der Waals surface area contributed by atoms with E-state index < -0.39 is 0 Å². The van der Waals surface area contributed by atoms with Gasteiger partial charge in [-0.05, 0) is 6.92 Å². The predicted molar refractivity (Wildman–Crippen MR) is 59.4 cm³/mol. The van der Waals surface area contributed by atoms with Gasteiger partial charge in [-0.3, -0.25) is 4.79 Å². The second kappa shape index (κ2) is 4.96. The molecule has 0 atom stereocenters. The number of rotatable bonds is 0. The molecule has 0 N–H and O–H groups in total. The minimum absolute atomic E-state index is 0.145. The van der Waals surface area contributed by atoms with E-state index in [4.69, 9.17) is 0 Å². The Morgan fingerprint density at radius 3 is 2.67 bits per heavy atom. The fraction of sp³-hybridized carbons (Fsp3) is 0.636. The molecule has 0 saturated carbocycles. The van der Waals surface area contributed by atoms with Crippen molar-refractivity contribution in [2.45, 2.75) is 40.8 Å². The molecule has 0 aromatic carbocycles. The fourth-order valence-electron chi connectivity index (χ4n) is 1.66. The standard InChI is InChI=1S/C9H13N3O.C2H6/c1-7-9-5-11(8(2)13)3-4-12(9)6-10-7;1-2/h6H,3-5H2,1-2H3;1-2H3. The van der Waals surface area contributed by atoms with Crippen molar-refractivity contribution in [1.82, 2.24) is 14.5 Å². The van der Waals surface area contributed by atoms with E-state index in [-0.39, 0.29) is 5.91 Å². The number of carbonyl (C=O) groups excluding carboxylic acids is 1. The number of imidazole rings is 1. The summed E-state index contributed by atoms with van der Waals surface area (Å²) in [6.07, 6.45) is 1.85. The number of aromatic nitrogens is 2. The summed E-state index contributed by atoms with van der Waals surface area (Å²) in [5.41, 5.74) is 2.20. The van der Waals surface area contributed by atoms with E-state index in [9.17, 15) is 4.79 Å². The van der Waals surface area contributed by atoms with Crippen LogP contribution in [0, 0.1) is 6.92 Å². The smallest absolute Gasteiger partial charge is 0.219 e. The summed E-state index contributed by atoms with van der Waals surface area (Å²) in [6, 6.07) is 0. The van der Waals surface area contributed by atoms with Crippen LogP contribution in [0.3, 0.4) is 0 Å². The summed E-state index contributed by atoms with van der Waals surface area (Å²) >= 11 is 0. The molecule has 2 heterocycles. The van der Waals surface area contributed by atoms with E-state index in [1.165, 1.54) is 5.69 Å².